The molecule has 0 aliphatic rings. The van der Waals surface area contributed by atoms with E-state index in [0.29, 0.717) is 24.3 Å². The van der Waals surface area contributed by atoms with Crippen LogP contribution >= 0.6 is 0 Å². The minimum Gasteiger partial charge on any atom is -0.462 e. The van der Waals surface area contributed by atoms with Crippen molar-refractivity contribution in [2.75, 3.05) is 25.0 Å². The van der Waals surface area contributed by atoms with Crippen molar-refractivity contribution >= 4 is 21.7 Å². The SMILES string of the molecule is CCOC(=O)/C(C#N)=C/Nc1ccc(C)c(S(=O)(=O)N(CC)CC)c1. The molecule has 25 heavy (non-hydrogen) atoms. The van der Waals surface area contributed by atoms with Crippen molar-refractivity contribution in [2.45, 2.75) is 32.6 Å². The van der Waals surface area contributed by atoms with E-state index in [0.717, 1.165) is 0 Å². The molecule has 0 radical (unpaired) electrons. The highest BCUT2D eigenvalue weighted by Gasteiger charge is 2.23. The van der Waals surface area contributed by atoms with Crippen LogP contribution in [0.2, 0.25) is 0 Å². The third kappa shape index (κ3) is 5.05. The smallest absolute Gasteiger partial charge is 0.350 e. The third-order valence-corrected chi connectivity index (χ3v) is 5.70. The Balaban J connectivity index is 3.18. The summed E-state index contributed by atoms with van der Waals surface area (Å²) in [4.78, 5) is 11.8. The zero-order chi connectivity index (χ0) is 19.0. The van der Waals surface area contributed by atoms with Crippen LogP contribution in [0, 0.1) is 18.3 Å². The number of hydrogen-bond acceptors (Lipinski definition) is 6. The van der Waals surface area contributed by atoms with Crippen LogP contribution in [0.5, 0.6) is 0 Å². The van der Waals surface area contributed by atoms with Crippen molar-refractivity contribution < 1.29 is 17.9 Å². The van der Waals surface area contributed by atoms with Gasteiger partial charge < -0.3 is 10.1 Å². The average Bonchev–Trinajstić information content (AvgIpc) is 2.57. The molecule has 8 heteroatoms. The normalized spacial score (nSPS) is 11.9. The Bertz CT molecular complexity index is 791. The van der Waals surface area contributed by atoms with Crippen LogP contribution in [0.3, 0.4) is 0 Å². The number of carbonyl (C=O) groups excluding carboxylic acids is 1. The topological polar surface area (TPSA) is 99.5 Å². The third-order valence-electron chi connectivity index (χ3n) is 3.51. The van der Waals surface area contributed by atoms with E-state index >= 15 is 0 Å². The Morgan fingerprint density at radius 1 is 1.32 bits per heavy atom. The minimum atomic E-state index is -3.61. The van der Waals surface area contributed by atoms with E-state index in [2.05, 4.69) is 5.32 Å². The molecule has 0 aliphatic heterocycles. The van der Waals surface area contributed by atoms with E-state index < -0.39 is 16.0 Å². The predicted molar refractivity (Wildman–Crippen MR) is 95.2 cm³/mol. The van der Waals surface area contributed by atoms with E-state index in [4.69, 9.17) is 10.00 Å². The Labute approximate surface area is 148 Å². The maximum atomic E-state index is 12.7. The first-order chi connectivity index (χ1) is 11.8. The number of esters is 1. The maximum absolute atomic E-state index is 12.7. The second-order valence-corrected chi connectivity index (χ2v) is 7.01. The molecule has 0 saturated heterocycles. The number of sulfonamides is 1. The lowest BCUT2D eigenvalue weighted by Crippen LogP contribution is -2.31. The predicted octanol–water partition coefficient (Wildman–Crippen LogP) is 2.41. The van der Waals surface area contributed by atoms with Gasteiger partial charge in [-0.25, -0.2) is 13.2 Å². The Kier molecular flexibility index (Phi) is 7.61. The molecule has 1 rings (SSSR count). The molecule has 0 unspecified atom stereocenters. The second-order valence-electron chi connectivity index (χ2n) is 5.10. The fourth-order valence-corrected chi connectivity index (χ4v) is 3.88. The van der Waals surface area contributed by atoms with E-state index in [1.54, 1.807) is 45.9 Å². The number of benzene rings is 1. The van der Waals surface area contributed by atoms with Gasteiger partial charge in [0.1, 0.15) is 6.07 Å². The summed E-state index contributed by atoms with van der Waals surface area (Å²) in [5.74, 6) is -0.736. The number of carbonyl (C=O) groups is 1. The zero-order valence-corrected chi connectivity index (χ0v) is 15.7. The number of hydrogen-bond donors (Lipinski definition) is 1. The summed E-state index contributed by atoms with van der Waals surface area (Å²) in [6.45, 7) is 7.82. The van der Waals surface area contributed by atoms with Gasteiger partial charge >= 0.3 is 5.97 Å². The molecule has 0 aliphatic carbocycles. The molecule has 1 N–H and O–H groups in total. The molecule has 0 saturated carbocycles. The molecule has 7 nitrogen and oxygen atoms in total. The van der Waals surface area contributed by atoms with Crippen LogP contribution in [0.1, 0.15) is 26.3 Å². The van der Waals surface area contributed by atoms with E-state index in [9.17, 15) is 13.2 Å². The van der Waals surface area contributed by atoms with Gasteiger partial charge in [0.25, 0.3) is 0 Å². The Morgan fingerprint density at radius 3 is 2.48 bits per heavy atom. The maximum Gasteiger partial charge on any atom is 0.350 e. The van der Waals surface area contributed by atoms with Gasteiger partial charge in [-0.2, -0.15) is 9.57 Å². The van der Waals surface area contributed by atoms with Gasteiger partial charge in [0.2, 0.25) is 10.0 Å². The quantitative estimate of drug-likeness (QED) is 0.431. The van der Waals surface area contributed by atoms with Crippen LogP contribution in [0.4, 0.5) is 5.69 Å². The summed E-state index contributed by atoms with van der Waals surface area (Å²) in [6, 6.07) is 6.58. The lowest BCUT2D eigenvalue weighted by molar-refractivity contribution is -0.138. The van der Waals surface area contributed by atoms with Crippen molar-refractivity contribution in [3.8, 4) is 6.07 Å². The van der Waals surface area contributed by atoms with E-state index in [1.165, 1.54) is 16.6 Å². The summed E-state index contributed by atoms with van der Waals surface area (Å²) in [7, 11) is -3.61. The zero-order valence-electron chi connectivity index (χ0n) is 14.9. The fraction of sp³-hybridized carbons (Fsp3) is 0.412. The largest absolute Gasteiger partial charge is 0.462 e. The van der Waals surface area contributed by atoms with Crippen LogP contribution < -0.4 is 5.32 Å². The van der Waals surface area contributed by atoms with Crippen molar-refractivity contribution in [1.29, 1.82) is 5.26 Å². The number of ether oxygens (including phenoxy) is 1. The van der Waals surface area contributed by atoms with Gasteiger partial charge in [0.05, 0.1) is 11.5 Å². The number of aryl methyl sites for hydroxylation is 1. The average molecular weight is 365 g/mol. The summed E-state index contributed by atoms with van der Waals surface area (Å²) in [5, 5.41) is 11.8. The Morgan fingerprint density at radius 2 is 1.96 bits per heavy atom. The minimum absolute atomic E-state index is 0.161. The van der Waals surface area contributed by atoms with E-state index in [-0.39, 0.29) is 17.1 Å². The van der Waals surface area contributed by atoms with Gasteiger partial charge in [-0.3, -0.25) is 0 Å². The first-order valence-corrected chi connectivity index (χ1v) is 9.40. The van der Waals surface area contributed by atoms with Crippen LogP contribution in [-0.2, 0) is 19.6 Å². The Hall–Kier alpha value is -2.37. The van der Waals surface area contributed by atoms with Gasteiger partial charge in [-0.1, -0.05) is 19.9 Å². The van der Waals surface area contributed by atoms with Gasteiger partial charge in [-0.15, -0.1) is 0 Å². The molecular weight excluding hydrogens is 342 g/mol. The summed E-state index contributed by atoms with van der Waals surface area (Å²) in [6.07, 6.45) is 1.20. The van der Waals surface area contributed by atoms with Gasteiger partial charge in [0, 0.05) is 25.0 Å². The van der Waals surface area contributed by atoms with Gasteiger partial charge in [0.15, 0.2) is 5.57 Å². The standard InChI is InChI=1S/C17H23N3O4S/c1-5-20(6-2)25(22,23)16-10-15(9-8-13(16)4)19-12-14(11-18)17(21)24-7-3/h8-10,12,19H,5-7H2,1-4H3/b14-12+. The number of nitriles is 1. The van der Waals surface area contributed by atoms with Crippen LogP contribution in [0.25, 0.3) is 0 Å². The summed E-state index contributed by atoms with van der Waals surface area (Å²) in [5.41, 5.74) is 0.872. The first-order valence-electron chi connectivity index (χ1n) is 7.96. The highest BCUT2D eigenvalue weighted by Crippen LogP contribution is 2.23. The second kappa shape index (κ2) is 9.20. The number of nitrogens with zero attached hydrogens (tertiary/aromatic N) is 2. The van der Waals surface area contributed by atoms with Crippen molar-refractivity contribution in [1.82, 2.24) is 4.31 Å². The van der Waals surface area contributed by atoms with E-state index in [1.807, 2.05) is 0 Å². The number of anilines is 1. The van der Waals surface area contributed by atoms with Crippen LogP contribution in [0.15, 0.2) is 34.9 Å². The molecule has 136 valence electrons. The monoisotopic (exact) mass is 365 g/mol. The molecule has 0 aromatic heterocycles. The summed E-state index contributed by atoms with van der Waals surface area (Å²) >= 11 is 0. The molecule has 0 amide bonds. The molecule has 0 atom stereocenters. The molecular formula is C17H23N3O4S. The fourth-order valence-electron chi connectivity index (χ4n) is 2.17. The highest BCUT2D eigenvalue weighted by atomic mass is 32.2. The van der Waals surface area contributed by atoms with Crippen molar-refractivity contribution in [3.63, 3.8) is 0 Å². The highest BCUT2D eigenvalue weighted by molar-refractivity contribution is 7.89. The van der Waals surface area contributed by atoms with Crippen molar-refractivity contribution in [3.05, 3.63) is 35.5 Å². The van der Waals surface area contributed by atoms with Crippen molar-refractivity contribution in [2.24, 2.45) is 0 Å². The molecule has 0 bridgehead atoms. The number of rotatable bonds is 8. The van der Waals surface area contributed by atoms with Gasteiger partial charge in [-0.05, 0) is 31.5 Å². The lowest BCUT2D eigenvalue weighted by Gasteiger charge is -2.20. The lowest BCUT2D eigenvalue weighted by atomic mass is 10.2. The number of nitrogens with one attached hydrogen (secondary N) is 1. The molecule has 1 aromatic rings. The first kappa shape index (κ1) is 20.7. The molecule has 0 spiro atoms. The summed E-state index contributed by atoms with van der Waals surface area (Å²) < 4.78 is 31.6. The molecule has 0 fully saturated rings. The molecule has 1 aromatic carbocycles. The molecule has 0 heterocycles. The van der Waals surface area contributed by atoms with Crippen LogP contribution in [-0.4, -0.2) is 38.4 Å².